The van der Waals surface area contributed by atoms with Gasteiger partial charge in [0.25, 0.3) is 5.91 Å². The molecular formula is C24H26N4O. The summed E-state index contributed by atoms with van der Waals surface area (Å²) in [5.74, 6) is 0.989. The van der Waals surface area contributed by atoms with E-state index in [-0.39, 0.29) is 11.9 Å². The number of fused-ring (bicyclic) bond motifs is 1. The number of hydrogen-bond acceptors (Lipinski definition) is 3. The Balaban J connectivity index is 1.51. The van der Waals surface area contributed by atoms with Gasteiger partial charge in [-0.3, -0.25) is 9.48 Å². The van der Waals surface area contributed by atoms with Gasteiger partial charge in [-0.2, -0.15) is 5.10 Å². The van der Waals surface area contributed by atoms with E-state index in [0.29, 0.717) is 17.5 Å². The first-order valence-electron chi connectivity index (χ1n) is 10.3. The summed E-state index contributed by atoms with van der Waals surface area (Å²) in [5, 5.41) is 8.11. The molecule has 5 heteroatoms. The highest BCUT2D eigenvalue weighted by Crippen LogP contribution is 2.44. The Morgan fingerprint density at radius 2 is 1.83 bits per heavy atom. The van der Waals surface area contributed by atoms with Crippen molar-refractivity contribution in [2.75, 3.05) is 19.6 Å². The maximum Gasteiger partial charge on any atom is 0.274 e. The number of aryl methyl sites for hydroxylation is 2. The number of rotatable bonds is 3. The molecule has 1 amide bonds. The standard InChI is InChI=1S/C24H26N4O/c1-16-8-6-7-11-19(16)23-20-14-25-13-18(20)15-28(23)24(29)21-12-22(27(2)26-21)17-9-4-3-5-10-17/h3-12,18,20,23,25H,13-15H2,1-2H3/t18-,20-,23+/m0/s1. The molecule has 0 spiro atoms. The zero-order chi connectivity index (χ0) is 20.0. The molecule has 2 saturated heterocycles. The monoisotopic (exact) mass is 386 g/mol. The van der Waals surface area contributed by atoms with Crippen molar-refractivity contribution in [1.29, 1.82) is 0 Å². The molecule has 0 unspecified atom stereocenters. The van der Waals surface area contributed by atoms with Gasteiger partial charge in [-0.05, 0) is 35.6 Å². The highest BCUT2D eigenvalue weighted by Gasteiger charge is 2.47. The summed E-state index contributed by atoms with van der Waals surface area (Å²) in [7, 11) is 1.90. The van der Waals surface area contributed by atoms with Gasteiger partial charge < -0.3 is 10.2 Å². The minimum atomic E-state index is 0.0328. The third-order valence-electron chi connectivity index (χ3n) is 6.50. The van der Waals surface area contributed by atoms with Crippen molar-refractivity contribution in [3.63, 3.8) is 0 Å². The zero-order valence-electron chi connectivity index (χ0n) is 16.9. The summed E-state index contributed by atoms with van der Waals surface area (Å²) < 4.78 is 1.81. The topological polar surface area (TPSA) is 50.2 Å². The summed E-state index contributed by atoms with van der Waals surface area (Å²) in [4.78, 5) is 15.7. The lowest BCUT2D eigenvalue weighted by molar-refractivity contribution is 0.0707. The zero-order valence-corrected chi connectivity index (χ0v) is 16.9. The van der Waals surface area contributed by atoms with Gasteiger partial charge in [0.05, 0.1) is 11.7 Å². The molecule has 2 fully saturated rings. The SMILES string of the molecule is Cc1ccccc1[C@@H]1[C@H]2CNC[C@H]2CN1C(=O)c1cc(-c2ccccc2)n(C)n1. The predicted octanol–water partition coefficient (Wildman–Crippen LogP) is 3.43. The van der Waals surface area contributed by atoms with Crippen LogP contribution in [0.3, 0.4) is 0 Å². The molecule has 2 aromatic carbocycles. The normalized spacial score (nSPS) is 23.4. The van der Waals surface area contributed by atoms with Crippen LogP contribution in [0.2, 0.25) is 0 Å². The predicted molar refractivity (Wildman–Crippen MR) is 113 cm³/mol. The van der Waals surface area contributed by atoms with Crippen LogP contribution in [0.15, 0.2) is 60.7 Å². The van der Waals surface area contributed by atoms with E-state index < -0.39 is 0 Å². The van der Waals surface area contributed by atoms with E-state index in [2.05, 4.69) is 46.5 Å². The minimum absolute atomic E-state index is 0.0328. The fourth-order valence-corrected chi connectivity index (χ4v) is 5.04. The van der Waals surface area contributed by atoms with Gasteiger partial charge in [0.2, 0.25) is 0 Å². The first-order chi connectivity index (χ1) is 14.1. The van der Waals surface area contributed by atoms with Crippen LogP contribution >= 0.6 is 0 Å². The number of likely N-dealkylation sites (tertiary alicyclic amines) is 1. The summed E-state index contributed by atoms with van der Waals surface area (Å²) in [6.07, 6.45) is 0. The Morgan fingerprint density at radius 3 is 2.62 bits per heavy atom. The lowest BCUT2D eigenvalue weighted by Crippen LogP contribution is -2.35. The maximum absolute atomic E-state index is 13.6. The average Bonchev–Trinajstić information content (AvgIpc) is 3.43. The lowest BCUT2D eigenvalue weighted by atomic mass is 9.87. The van der Waals surface area contributed by atoms with E-state index in [9.17, 15) is 4.79 Å². The van der Waals surface area contributed by atoms with Crippen molar-refractivity contribution in [3.05, 3.63) is 77.5 Å². The number of carbonyl (C=O) groups is 1. The van der Waals surface area contributed by atoms with Gasteiger partial charge in [0, 0.05) is 32.6 Å². The van der Waals surface area contributed by atoms with Crippen molar-refractivity contribution >= 4 is 5.91 Å². The molecule has 2 aliphatic rings. The first-order valence-corrected chi connectivity index (χ1v) is 10.3. The molecular weight excluding hydrogens is 360 g/mol. The average molecular weight is 386 g/mol. The third kappa shape index (κ3) is 3.06. The summed E-state index contributed by atoms with van der Waals surface area (Å²) >= 11 is 0. The second kappa shape index (κ2) is 7.16. The molecule has 0 bridgehead atoms. The Labute approximate surface area is 171 Å². The lowest BCUT2D eigenvalue weighted by Gasteiger charge is -2.29. The van der Waals surface area contributed by atoms with E-state index >= 15 is 0 Å². The van der Waals surface area contributed by atoms with E-state index in [0.717, 1.165) is 30.9 Å². The Kier molecular flexibility index (Phi) is 4.47. The number of nitrogens with zero attached hydrogens (tertiary/aromatic N) is 3. The molecule has 1 N–H and O–H groups in total. The maximum atomic E-state index is 13.6. The van der Waals surface area contributed by atoms with Crippen molar-refractivity contribution in [3.8, 4) is 11.3 Å². The number of carbonyl (C=O) groups excluding carboxylic acids is 1. The molecule has 0 saturated carbocycles. The van der Waals surface area contributed by atoms with E-state index in [1.54, 1.807) is 0 Å². The van der Waals surface area contributed by atoms with E-state index in [1.165, 1.54) is 11.1 Å². The largest absolute Gasteiger partial charge is 0.330 e. The summed E-state index contributed by atoms with van der Waals surface area (Å²) in [5.41, 5.74) is 5.06. The molecule has 0 aliphatic carbocycles. The summed E-state index contributed by atoms with van der Waals surface area (Å²) in [6.45, 7) is 4.87. The second-order valence-electron chi connectivity index (χ2n) is 8.25. The van der Waals surface area contributed by atoms with Gasteiger partial charge in [0.1, 0.15) is 0 Å². The van der Waals surface area contributed by atoms with Gasteiger partial charge in [-0.15, -0.1) is 0 Å². The van der Waals surface area contributed by atoms with Gasteiger partial charge in [-0.1, -0.05) is 54.6 Å². The minimum Gasteiger partial charge on any atom is -0.330 e. The smallest absolute Gasteiger partial charge is 0.274 e. The third-order valence-corrected chi connectivity index (χ3v) is 6.50. The van der Waals surface area contributed by atoms with Gasteiger partial charge in [0.15, 0.2) is 5.69 Å². The highest BCUT2D eigenvalue weighted by molar-refractivity contribution is 5.94. The number of amides is 1. The van der Waals surface area contributed by atoms with E-state index in [1.807, 2.05) is 48.1 Å². The molecule has 1 aromatic heterocycles. The van der Waals surface area contributed by atoms with Crippen molar-refractivity contribution < 1.29 is 4.79 Å². The van der Waals surface area contributed by atoms with Crippen LogP contribution in [0.5, 0.6) is 0 Å². The summed E-state index contributed by atoms with van der Waals surface area (Å²) in [6, 6.07) is 20.6. The van der Waals surface area contributed by atoms with Crippen LogP contribution in [-0.4, -0.2) is 40.2 Å². The molecule has 5 rings (SSSR count). The van der Waals surface area contributed by atoms with Crippen molar-refractivity contribution in [1.82, 2.24) is 20.0 Å². The van der Waals surface area contributed by atoms with Crippen LogP contribution in [0.25, 0.3) is 11.3 Å². The Bertz CT molecular complexity index is 1040. The molecule has 3 atom stereocenters. The molecule has 3 aromatic rings. The number of aromatic nitrogens is 2. The first kappa shape index (κ1) is 18.1. The number of nitrogens with one attached hydrogen (secondary N) is 1. The van der Waals surface area contributed by atoms with Crippen LogP contribution in [0.4, 0.5) is 0 Å². The molecule has 3 heterocycles. The van der Waals surface area contributed by atoms with Crippen LogP contribution in [0.1, 0.15) is 27.7 Å². The molecule has 29 heavy (non-hydrogen) atoms. The fraction of sp³-hybridized carbons (Fsp3) is 0.333. The number of benzene rings is 2. The Hall–Kier alpha value is -2.92. The quantitative estimate of drug-likeness (QED) is 0.750. The van der Waals surface area contributed by atoms with Crippen LogP contribution in [-0.2, 0) is 7.05 Å². The van der Waals surface area contributed by atoms with Crippen molar-refractivity contribution in [2.24, 2.45) is 18.9 Å². The fourth-order valence-electron chi connectivity index (χ4n) is 5.04. The molecule has 2 aliphatic heterocycles. The van der Waals surface area contributed by atoms with Gasteiger partial charge in [-0.25, -0.2) is 0 Å². The van der Waals surface area contributed by atoms with Crippen molar-refractivity contribution in [2.45, 2.75) is 13.0 Å². The highest BCUT2D eigenvalue weighted by atomic mass is 16.2. The van der Waals surface area contributed by atoms with Crippen LogP contribution < -0.4 is 5.32 Å². The Morgan fingerprint density at radius 1 is 1.07 bits per heavy atom. The second-order valence-corrected chi connectivity index (χ2v) is 8.25. The van der Waals surface area contributed by atoms with Crippen LogP contribution in [0, 0.1) is 18.8 Å². The van der Waals surface area contributed by atoms with Gasteiger partial charge >= 0.3 is 0 Å². The molecule has 5 nitrogen and oxygen atoms in total. The molecule has 0 radical (unpaired) electrons. The van der Waals surface area contributed by atoms with E-state index in [4.69, 9.17) is 0 Å². The number of hydrogen-bond donors (Lipinski definition) is 1. The molecule has 148 valence electrons.